The largest absolute Gasteiger partial charge is 0.496 e. The summed E-state index contributed by atoms with van der Waals surface area (Å²) in [5, 5.41) is 0. The summed E-state index contributed by atoms with van der Waals surface area (Å²) in [6.45, 7) is 0.350. The van der Waals surface area contributed by atoms with Crippen molar-refractivity contribution in [2.75, 3.05) is 13.7 Å². The van der Waals surface area contributed by atoms with Gasteiger partial charge in [0.15, 0.2) is 0 Å². The Morgan fingerprint density at radius 2 is 1.65 bits per heavy atom. The topological polar surface area (TPSA) is 61.3 Å². The van der Waals surface area contributed by atoms with E-state index in [1.54, 1.807) is 0 Å². The molecule has 23 heavy (non-hydrogen) atoms. The average molecular weight is 344 g/mol. The average Bonchev–Trinajstić information content (AvgIpc) is 2.44. The van der Waals surface area contributed by atoms with Gasteiger partial charge in [-0.2, -0.15) is 26.3 Å². The third kappa shape index (κ3) is 5.00. The number of unbranched alkanes of at least 4 members (excludes halogenated alkanes) is 1. The zero-order chi connectivity index (χ0) is 17.8. The van der Waals surface area contributed by atoms with Crippen LogP contribution in [0.1, 0.15) is 42.0 Å². The van der Waals surface area contributed by atoms with Gasteiger partial charge in [0.2, 0.25) is 0 Å². The van der Waals surface area contributed by atoms with E-state index in [2.05, 4.69) is 0 Å². The van der Waals surface area contributed by atoms with Crippen LogP contribution in [0.4, 0.5) is 26.3 Å². The maximum absolute atomic E-state index is 13.2. The molecule has 1 aromatic carbocycles. The van der Waals surface area contributed by atoms with Crippen molar-refractivity contribution in [2.24, 2.45) is 11.5 Å². The van der Waals surface area contributed by atoms with Crippen LogP contribution in [-0.4, -0.2) is 13.7 Å². The van der Waals surface area contributed by atoms with E-state index in [-0.39, 0.29) is 12.5 Å². The van der Waals surface area contributed by atoms with E-state index in [1.807, 2.05) is 0 Å². The number of halogens is 6. The van der Waals surface area contributed by atoms with Crippen molar-refractivity contribution >= 4 is 0 Å². The van der Waals surface area contributed by atoms with E-state index < -0.39 is 40.8 Å². The summed E-state index contributed by atoms with van der Waals surface area (Å²) in [5.41, 5.74) is 7.75. The normalized spacial score (nSPS) is 14.0. The second-order valence-electron chi connectivity index (χ2n) is 5.03. The molecule has 0 saturated carbocycles. The lowest BCUT2D eigenvalue weighted by Crippen LogP contribution is -2.21. The first-order valence-electron chi connectivity index (χ1n) is 6.84. The highest BCUT2D eigenvalue weighted by Gasteiger charge is 2.40. The lowest BCUT2D eigenvalue weighted by Gasteiger charge is -2.23. The summed E-state index contributed by atoms with van der Waals surface area (Å²) >= 11 is 0. The van der Waals surface area contributed by atoms with Crippen LogP contribution in [-0.2, 0) is 12.4 Å². The van der Waals surface area contributed by atoms with Crippen LogP contribution in [0.2, 0.25) is 0 Å². The van der Waals surface area contributed by atoms with Gasteiger partial charge < -0.3 is 16.2 Å². The molecule has 4 N–H and O–H groups in total. The summed E-state index contributed by atoms with van der Waals surface area (Å²) in [4.78, 5) is 0. The minimum atomic E-state index is -4.98. The number of methoxy groups -OCH3 is 1. The fourth-order valence-electron chi connectivity index (χ4n) is 2.23. The highest BCUT2D eigenvalue weighted by molar-refractivity contribution is 5.48. The van der Waals surface area contributed by atoms with Crippen LogP contribution in [0.5, 0.6) is 5.75 Å². The molecule has 0 amide bonds. The van der Waals surface area contributed by atoms with Crippen LogP contribution in [0.15, 0.2) is 12.1 Å². The van der Waals surface area contributed by atoms with Gasteiger partial charge in [-0.3, -0.25) is 0 Å². The Morgan fingerprint density at radius 3 is 2.09 bits per heavy atom. The van der Waals surface area contributed by atoms with Crippen LogP contribution in [0, 0.1) is 0 Å². The molecule has 1 rings (SSSR count). The Kier molecular flexibility index (Phi) is 6.29. The molecule has 0 aliphatic heterocycles. The van der Waals surface area contributed by atoms with Gasteiger partial charge >= 0.3 is 12.4 Å². The van der Waals surface area contributed by atoms with Gasteiger partial charge in [0.1, 0.15) is 5.75 Å². The standard InChI is InChI=1S/C14H18F6N2O/c1-23-11-7-8(13(15,16)17)6-9(14(18,19)20)12(11)10(22)4-2-3-5-21/h6-7,10H,2-5,21-22H2,1H3/t10-/m1/s1. The van der Waals surface area contributed by atoms with Crippen molar-refractivity contribution in [1.29, 1.82) is 0 Å². The summed E-state index contributed by atoms with van der Waals surface area (Å²) < 4.78 is 82.6. The smallest absolute Gasteiger partial charge is 0.416 e. The minimum Gasteiger partial charge on any atom is -0.496 e. The van der Waals surface area contributed by atoms with Crippen molar-refractivity contribution in [1.82, 2.24) is 0 Å². The van der Waals surface area contributed by atoms with Crippen molar-refractivity contribution in [3.63, 3.8) is 0 Å². The second-order valence-corrected chi connectivity index (χ2v) is 5.03. The van der Waals surface area contributed by atoms with Crippen LogP contribution >= 0.6 is 0 Å². The lowest BCUT2D eigenvalue weighted by atomic mass is 9.93. The molecule has 132 valence electrons. The minimum absolute atomic E-state index is 0.0701. The van der Waals surface area contributed by atoms with Crippen molar-refractivity contribution < 1.29 is 31.1 Å². The molecule has 0 spiro atoms. The van der Waals surface area contributed by atoms with Crippen molar-refractivity contribution in [2.45, 2.75) is 37.7 Å². The third-order valence-electron chi connectivity index (χ3n) is 3.33. The third-order valence-corrected chi connectivity index (χ3v) is 3.33. The molecule has 0 aromatic heterocycles. The lowest BCUT2D eigenvalue weighted by molar-refractivity contribution is -0.143. The van der Waals surface area contributed by atoms with Gasteiger partial charge in [0, 0.05) is 11.6 Å². The van der Waals surface area contributed by atoms with Crippen LogP contribution in [0.3, 0.4) is 0 Å². The molecule has 0 radical (unpaired) electrons. The number of nitrogens with two attached hydrogens (primary N) is 2. The Labute approximate surface area is 129 Å². The molecule has 0 aliphatic carbocycles. The van der Waals surface area contributed by atoms with E-state index in [4.69, 9.17) is 16.2 Å². The van der Waals surface area contributed by atoms with Gasteiger partial charge in [-0.1, -0.05) is 6.42 Å². The summed E-state index contributed by atoms with van der Waals surface area (Å²) in [7, 11) is 1.01. The van der Waals surface area contributed by atoms with E-state index in [9.17, 15) is 26.3 Å². The van der Waals surface area contributed by atoms with Crippen LogP contribution in [0.25, 0.3) is 0 Å². The summed E-state index contributed by atoms with van der Waals surface area (Å²) in [6.07, 6.45) is -8.73. The molecule has 0 bridgehead atoms. The molecule has 0 aliphatic rings. The molecule has 1 aromatic rings. The van der Waals surface area contributed by atoms with Gasteiger partial charge in [-0.25, -0.2) is 0 Å². The Hall–Kier alpha value is -1.48. The molecule has 3 nitrogen and oxygen atoms in total. The molecule has 0 saturated heterocycles. The maximum Gasteiger partial charge on any atom is 0.416 e. The highest BCUT2D eigenvalue weighted by atomic mass is 19.4. The number of alkyl halides is 6. The number of benzene rings is 1. The number of rotatable bonds is 6. The SMILES string of the molecule is COc1cc(C(F)(F)F)cc(C(F)(F)F)c1[C@H](N)CCCCN. The summed E-state index contributed by atoms with van der Waals surface area (Å²) in [5.74, 6) is -0.521. The number of hydrogen-bond donors (Lipinski definition) is 2. The molecule has 9 heteroatoms. The first-order chi connectivity index (χ1) is 10.5. The van der Waals surface area contributed by atoms with E-state index in [1.165, 1.54) is 0 Å². The molecule has 1 atom stereocenters. The quantitative estimate of drug-likeness (QED) is 0.608. The Bertz CT molecular complexity index is 527. The summed E-state index contributed by atoms with van der Waals surface area (Å²) in [6, 6.07) is -0.496. The number of hydrogen-bond acceptors (Lipinski definition) is 3. The fourth-order valence-corrected chi connectivity index (χ4v) is 2.23. The molecular formula is C14H18F6N2O. The predicted molar refractivity (Wildman–Crippen MR) is 72.8 cm³/mol. The molecular weight excluding hydrogens is 326 g/mol. The van der Waals surface area contributed by atoms with Crippen molar-refractivity contribution in [3.05, 3.63) is 28.8 Å². The predicted octanol–water partition coefficient (Wildman–Crippen LogP) is 3.86. The van der Waals surface area contributed by atoms with E-state index >= 15 is 0 Å². The zero-order valence-electron chi connectivity index (χ0n) is 12.4. The second kappa shape index (κ2) is 7.39. The monoisotopic (exact) mass is 344 g/mol. The zero-order valence-corrected chi connectivity index (χ0v) is 12.4. The maximum atomic E-state index is 13.2. The van der Waals surface area contributed by atoms with Crippen LogP contribution < -0.4 is 16.2 Å². The van der Waals surface area contributed by atoms with Gasteiger partial charge in [-0.15, -0.1) is 0 Å². The Balaban J connectivity index is 3.41. The first-order valence-corrected chi connectivity index (χ1v) is 6.84. The van der Waals surface area contributed by atoms with E-state index in [0.29, 0.717) is 25.5 Å². The molecule has 0 heterocycles. The van der Waals surface area contributed by atoms with Gasteiger partial charge in [0.25, 0.3) is 0 Å². The Morgan fingerprint density at radius 1 is 1.04 bits per heavy atom. The molecule has 0 unspecified atom stereocenters. The number of ether oxygens (including phenoxy) is 1. The van der Waals surface area contributed by atoms with Crippen molar-refractivity contribution in [3.8, 4) is 5.75 Å². The highest BCUT2D eigenvalue weighted by Crippen LogP contribution is 2.43. The van der Waals surface area contributed by atoms with Gasteiger partial charge in [-0.05, 0) is 31.5 Å². The first kappa shape index (κ1) is 19.6. The van der Waals surface area contributed by atoms with E-state index in [0.717, 1.165) is 7.11 Å². The fraction of sp³-hybridized carbons (Fsp3) is 0.571. The van der Waals surface area contributed by atoms with Gasteiger partial charge in [0.05, 0.1) is 18.2 Å². The molecule has 0 fully saturated rings.